The topological polar surface area (TPSA) is 56.2 Å². The molecule has 2 aromatic rings. The van der Waals surface area contributed by atoms with Gasteiger partial charge in [0.1, 0.15) is 5.76 Å². The highest BCUT2D eigenvalue weighted by atomic mass is 16.3. The Morgan fingerprint density at radius 1 is 1.17 bits per heavy atom. The molecule has 0 amide bonds. The molecule has 0 spiro atoms. The second kappa shape index (κ2) is 3.80. The van der Waals surface area contributed by atoms with Crippen molar-refractivity contribution in [3.8, 4) is 0 Å². The average Bonchev–Trinajstić information content (AvgIpc) is 3.31. The molecule has 2 saturated carbocycles. The molecule has 0 N–H and O–H groups in total. The maximum absolute atomic E-state index is 5.26. The lowest BCUT2D eigenvalue weighted by Crippen LogP contribution is -2.01. The smallest absolute Gasteiger partial charge is 0.157 e. The van der Waals surface area contributed by atoms with Crippen molar-refractivity contribution in [2.75, 3.05) is 0 Å². The molecule has 0 aliphatic heterocycles. The zero-order valence-corrected chi connectivity index (χ0v) is 9.99. The van der Waals surface area contributed by atoms with Gasteiger partial charge in [-0.2, -0.15) is 5.10 Å². The van der Waals surface area contributed by atoms with E-state index < -0.39 is 0 Å². The van der Waals surface area contributed by atoms with E-state index >= 15 is 0 Å². The van der Waals surface area contributed by atoms with Crippen LogP contribution in [0.5, 0.6) is 0 Å². The number of aromatic nitrogens is 3. The van der Waals surface area contributed by atoms with Crippen molar-refractivity contribution in [3.05, 3.63) is 35.8 Å². The monoisotopic (exact) mass is 242 g/mol. The first-order valence-corrected chi connectivity index (χ1v) is 6.45. The van der Waals surface area contributed by atoms with E-state index in [2.05, 4.69) is 15.3 Å². The van der Waals surface area contributed by atoms with Gasteiger partial charge in [0.15, 0.2) is 11.6 Å². The third-order valence-electron chi connectivity index (χ3n) is 3.42. The van der Waals surface area contributed by atoms with E-state index in [1.165, 1.54) is 25.7 Å². The van der Waals surface area contributed by atoms with Crippen molar-refractivity contribution in [3.63, 3.8) is 0 Å². The molecule has 0 radical (unpaired) electrons. The van der Waals surface area contributed by atoms with Gasteiger partial charge in [0.05, 0.1) is 12.5 Å². The van der Waals surface area contributed by atoms with E-state index in [1.807, 2.05) is 16.8 Å². The molecule has 18 heavy (non-hydrogen) atoms. The van der Waals surface area contributed by atoms with E-state index in [1.54, 1.807) is 12.5 Å². The summed E-state index contributed by atoms with van der Waals surface area (Å²) in [6.07, 6.45) is 8.22. The zero-order chi connectivity index (χ0) is 11.9. The molecule has 2 heterocycles. The number of rotatable bonds is 4. The van der Waals surface area contributed by atoms with Crippen molar-refractivity contribution in [1.82, 2.24) is 14.9 Å². The molecule has 0 aromatic carbocycles. The predicted octanol–water partition coefficient (Wildman–Crippen LogP) is 2.51. The largest absolute Gasteiger partial charge is 0.463 e. The van der Waals surface area contributed by atoms with Crippen LogP contribution in [0.2, 0.25) is 0 Å². The van der Waals surface area contributed by atoms with Crippen LogP contribution < -0.4 is 0 Å². The highest BCUT2D eigenvalue weighted by Crippen LogP contribution is 2.43. The van der Waals surface area contributed by atoms with Crippen LogP contribution in [0.25, 0.3) is 0 Å². The molecule has 0 bridgehead atoms. The van der Waals surface area contributed by atoms with Crippen LogP contribution in [0.15, 0.2) is 27.9 Å². The molecule has 2 aromatic heterocycles. The summed E-state index contributed by atoms with van der Waals surface area (Å²) in [6, 6.07) is 3.75. The minimum atomic E-state index is 0.554. The maximum Gasteiger partial charge on any atom is 0.157 e. The summed E-state index contributed by atoms with van der Waals surface area (Å²) >= 11 is 0. The average molecular weight is 242 g/mol. The van der Waals surface area contributed by atoms with E-state index in [9.17, 15) is 0 Å². The van der Waals surface area contributed by atoms with Gasteiger partial charge >= 0.3 is 0 Å². The van der Waals surface area contributed by atoms with Gasteiger partial charge in [0, 0.05) is 11.8 Å². The highest BCUT2D eigenvalue weighted by Gasteiger charge is 2.35. The van der Waals surface area contributed by atoms with Crippen molar-refractivity contribution in [2.45, 2.75) is 37.5 Å². The maximum atomic E-state index is 5.26. The van der Waals surface area contributed by atoms with Crippen molar-refractivity contribution in [1.29, 1.82) is 0 Å². The van der Waals surface area contributed by atoms with Crippen LogP contribution in [0.3, 0.4) is 0 Å². The van der Waals surface area contributed by atoms with Crippen LogP contribution in [0, 0.1) is 0 Å². The van der Waals surface area contributed by atoms with Gasteiger partial charge in [-0.05, 0) is 37.8 Å². The molecule has 4 rings (SSSR count). The predicted molar refractivity (Wildman–Crippen MR) is 65.7 cm³/mol. The second-order valence-electron chi connectivity index (χ2n) is 5.04. The lowest BCUT2D eigenvalue weighted by molar-refractivity contribution is 0.559. The molecular formula is C13H14N4O. The summed E-state index contributed by atoms with van der Waals surface area (Å²) in [6.45, 7) is 0. The summed E-state index contributed by atoms with van der Waals surface area (Å²) in [5, 5.41) is 13.1. The van der Waals surface area contributed by atoms with E-state index in [-0.39, 0.29) is 0 Å². The Kier molecular flexibility index (Phi) is 2.12. The Morgan fingerprint density at radius 2 is 1.83 bits per heavy atom. The Morgan fingerprint density at radius 3 is 2.33 bits per heavy atom. The minimum absolute atomic E-state index is 0.554. The van der Waals surface area contributed by atoms with E-state index in [0.717, 1.165) is 17.4 Å². The Bertz CT molecular complexity index is 547. The molecule has 0 unspecified atom stereocenters. The molecule has 5 nitrogen and oxygen atoms in total. The molecule has 5 heteroatoms. The molecule has 92 valence electrons. The summed E-state index contributed by atoms with van der Waals surface area (Å²) in [5.41, 5.74) is 0. The van der Waals surface area contributed by atoms with Crippen molar-refractivity contribution >= 4 is 6.21 Å². The first-order chi connectivity index (χ1) is 8.92. The molecular weight excluding hydrogens is 228 g/mol. The normalized spacial score (nSPS) is 19.8. The first-order valence-electron chi connectivity index (χ1n) is 6.45. The van der Waals surface area contributed by atoms with Crippen LogP contribution in [0.4, 0.5) is 0 Å². The molecule has 2 fully saturated rings. The number of nitrogens with zero attached hydrogens (tertiary/aromatic N) is 4. The number of furan rings is 1. The van der Waals surface area contributed by atoms with Crippen molar-refractivity contribution in [2.24, 2.45) is 5.10 Å². The Balaban J connectivity index is 1.70. The quantitative estimate of drug-likeness (QED) is 0.774. The summed E-state index contributed by atoms with van der Waals surface area (Å²) in [7, 11) is 0. The van der Waals surface area contributed by atoms with Gasteiger partial charge in [0.2, 0.25) is 0 Å². The van der Waals surface area contributed by atoms with Gasteiger partial charge in [-0.25, -0.2) is 4.68 Å². The third kappa shape index (κ3) is 1.75. The third-order valence-corrected chi connectivity index (χ3v) is 3.42. The standard InChI is InChI=1S/C13H14N4O/c1-2-11(18-7-1)8-14-17-12(9-3-4-9)15-16-13(17)10-5-6-10/h1-2,7-10H,3-6H2/b14-8+. The van der Waals surface area contributed by atoms with Crippen LogP contribution in [0.1, 0.15) is 54.9 Å². The lowest BCUT2D eigenvalue weighted by Gasteiger charge is -2.01. The van der Waals surface area contributed by atoms with Gasteiger partial charge in [-0.3, -0.25) is 0 Å². The zero-order valence-electron chi connectivity index (χ0n) is 9.99. The first kappa shape index (κ1) is 10.1. The van der Waals surface area contributed by atoms with Gasteiger partial charge in [0.25, 0.3) is 0 Å². The van der Waals surface area contributed by atoms with Crippen molar-refractivity contribution < 1.29 is 4.42 Å². The lowest BCUT2D eigenvalue weighted by atomic mass is 10.4. The second-order valence-corrected chi connectivity index (χ2v) is 5.04. The Labute approximate surface area is 105 Å². The fourth-order valence-corrected chi connectivity index (χ4v) is 2.09. The fraction of sp³-hybridized carbons (Fsp3) is 0.462. The Hall–Kier alpha value is -1.91. The number of hydrogen-bond acceptors (Lipinski definition) is 4. The van der Waals surface area contributed by atoms with Crippen LogP contribution in [-0.2, 0) is 0 Å². The van der Waals surface area contributed by atoms with E-state index in [0.29, 0.717) is 11.8 Å². The number of hydrogen-bond donors (Lipinski definition) is 0. The van der Waals surface area contributed by atoms with E-state index in [4.69, 9.17) is 4.42 Å². The molecule has 0 atom stereocenters. The minimum Gasteiger partial charge on any atom is -0.463 e. The summed E-state index contributed by atoms with van der Waals surface area (Å²) < 4.78 is 7.19. The van der Waals surface area contributed by atoms with Gasteiger partial charge in [-0.1, -0.05) is 0 Å². The van der Waals surface area contributed by atoms with Crippen LogP contribution in [-0.4, -0.2) is 21.1 Å². The molecule has 0 saturated heterocycles. The fourth-order valence-electron chi connectivity index (χ4n) is 2.09. The molecule has 2 aliphatic rings. The highest BCUT2D eigenvalue weighted by molar-refractivity contribution is 5.75. The molecule has 2 aliphatic carbocycles. The van der Waals surface area contributed by atoms with Gasteiger partial charge < -0.3 is 4.42 Å². The SMILES string of the molecule is C(=N\n1c(C2CC2)nnc1C1CC1)/c1ccco1. The van der Waals surface area contributed by atoms with Crippen LogP contribution >= 0.6 is 0 Å². The van der Waals surface area contributed by atoms with Gasteiger partial charge in [-0.15, -0.1) is 10.2 Å². The summed E-state index contributed by atoms with van der Waals surface area (Å²) in [4.78, 5) is 0. The summed E-state index contributed by atoms with van der Waals surface area (Å²) in [5.74, 6) is 3.89.